The molecule has 1 aliphatic heterocycles. The Hall–Kier alpha value is -1.92. The molecule has 1 saturated heterocycles. The van der Waals surface area contributed by atoms with Gasteiger partial charge in [0, 0.05) is 19.8 Å². The van der Waals surface area contributed by atoms with Gasteiger partial charge in [0.25, 0.3) is 0 Å². The van der Waals surface area contributed by atoms with Crippen LogP contribution < -0.4 is 5.32 Å². The molecule has 1 amide bonds. The summed E-state index contributed by atoms with van der Waals surface area (Å²) >= 11 is 0. The highest BCUT2D eigenvalue weighted by Gasteiger charge is 2.48. The normalized spacial score (nSPS) is 23.7. The molecule has 1 aromatic rings. The summed E-state index contributed by atoms with van der Waals surface area (Å²) in [5.41, 5.74) is 2.06. The number of amides is 1. The van der Waals surface area contributed by atoms with Gasteiger partial charge in [-0.1, -0.05) is 24.3 Å². The van der Waals surface area contributed by atoms with Gasteiger partial charge in [0.15, 0.2) is 0 Å². The van der Waals surface area contributed by atoms with Crippen LogP contribution >= 0.6 is 0 Å². The molecule has 6 heteroatoms. The Labute approximate surface area is 141 Å². The van der Waals surface area contributed by atoms with Gasteiger partial charge in [0.1, 0.15) is 0 Å². The monoisotopic (exact) mass is 333 g/mol. The number of aliphatic carboxylic acids is 1. The summed E-state index contributed by atoms with van der Waals surface area (Å²) in [6.45, 7) is 2.48. The Morgan fingerprint density at radius 1 is 1.21 bits per heavy atom. The van der Waals surface area contributed by atoms with Crippen LogP contribution in [0.4, 0.5) is 0 Å². The maximum absolute atomic E-state index is 11.9. The summed E-state index contributed by atoms with van der Waals surface area (Å²) in [6, 6.07) is 7.91. The van der Waals surface area contributed by atoms with E-state index < -0.39 is 11.9 Å². The number of carboxylic acid groups (broad SMARTS) is 1. The van der Waals surface area contributed by atoms with E-state index in [-0.39, 0.29) is 17.9 Å². The largest absolute Gasteiger partial charge is 0.481 e. The van der Waals surface area contributed by atoms with E-state index in [9.17, 15) is 9.59 Å². The Morgan fingerprint density at radius 3 is 2.67 bits per heavy atom. The van der Waals surface area contributed by atoms with E-state index in [1.54, 1.807) is 0 Å². The summed E-state index contributed by atoms with van der Waals surface area (Å²) < 4.78 is 11.2. The molecule has 2 atom stereocenters. The van der Waals surface area contributed by atoms with Crippen LogP contribution in [0.1, 0.15) is 30.4 Å². The molecule has 0 bridgehead atoms. The van der Waals surface area contributed by atoms with Crippen molar-refractivity contribution in [3.63, 3.8) is 0 Å². The minimum Gasteiger partial charge on any atom is -0.481 e. The van der Waals surface area contributed by atoms with Crippen molar-refractivity contribution in [3.05, 3.63) is 35.4 Å². The van der Waals surface area contributed by atoms with Crippen molar-refractivity contribution in [1.82, 2.24) is 5.32 Å². The second kappa shape index (κ2) is 7.77. The number of hydrogen-bond acceptors (Lipinski definition) is 4. The summed E-state index contributed by atoms with van der Waals surface area (Å²) in [6.07, 6.45) is 2.56. The number of carbonyl (C=O) groups is 2. The fourth-order valence-corrected chi connectivity index (χ4v) is 2.96. The Balaban J connectivity index is 1.44. The predicted octanol–water partition coefficient (Wildman–Crippen LogP) is 1.72. The number of carboxylic acids is 1. The maximum Gasteiger partial charge on any atom is 0.307 e. The molecule has 1 heterocycles. The van der Waals surface area contributed by atoms with Crippen LogP contribution in [0.3, 0.4) is 0 Å². The Kier molecular flexibility index (Phi) is 5.48. The highest BCUT2D eigenvalue weighted by Crippen LogP contribution is 2.38. The van der Waals surface area contributed by atoms with Gasteiger partial charge in [-0.15, -0.1) is 0 Å². The first-order valence-corrected chi connectivity index (χ1v) is 8.41. The summed E-state index contributed by atoms with van der Waals surface area (Å²) in [7, 11) is 0. The molecule has 1 aromatic carbocycles. The first kappa shape index (κ1) is 16.9. The molecule has 2 aliphatic rings. The van der Waals surface area contributed by atoms with Crippen molar-refractivity contribution in [2.75, 3.05) is 13.2 Å². The van der Waals surface area contributed by atoms with E-state index in [1.807, 2.05) is 24.3 Å². The number of ether oxygens (including phenoxy) is 2. The molecular formula is C18H23NO5. The van der Waals surface area contributed by atoms with Gasteiger partial charge < -0.3 is 19.9 Å². The van der Waals surface area contributed by atoms with Crippen molar-refractivity contribution in [2.24, 2.45) is 11.8 Å². The lowest BCUT2D eigenvalue weighted by atomic mass is 10.1. The summed E-state index contributed by atoms with van der Waals surface area (Å²) in [5, 5.41) is 11.7. The molecular weight excluding hydrogens is 310 g/mol. The Morgan fingerprint density at radius 2 is 1.96 bits per heavy atom. The van der Waals surface area contributed by atoms with Crippen LogP contribution in [0.2, 0.25) is 0 Å². The maximum atomic E-state index is 11.9. The highest BCUT2D eigenvalue weighted by atomic mass is 16.5. The smallest absolute Gasteiger partial charge is 0.307 e. The van der Waals surface area contributed by atoms with Crippen LogP contribution in [0, 0.1) is 11.8 Å². The quantitative estimate of drug-likeness (QED) is 0.794. The standard InChI is InChI=1S/C18H23NO5/c20-17(15-9-16(15)18(21)22)19-10-12-2-1-3-13(8-12)11-24-14-4-6-23-7-5-14/h1-3,8,14-16H,4-7,9-11H2,(H,19,20)(H,21,22)/t15-,16+/m1/s1. The van der Waals surface area contributed by atoms with Crippen molar-refractivity contribution < 1.29 is 24.2 Å². The second-order valence-electron chi connectivity index (χ2n) is 6.45. The van der Waals surface area contributed by atoms with Crippen LogP contribution in [-0.4, -0.2) is 36.3 Å². The van der Waals surface area contributed by atoms with Crippen LogP contribution in [0.15, 0.2) is 24.3 Å². The molecule has 130 valence electrons. The molecule has 0 aromatic heterocycles. The summed E-state index contributed by atoms with van der Waals surface area (Å²) in [5.74, 6) is -1.94. The molecule has 2 N–H and O–H groups in total. The lowest BCUT2D eigenvalue weighted by Gasteiger charge is -2.22. The molecule has 2 fully saturated rings. The van der Waals surface area contributed by atoms with Crippen LogP contribution in [0.25, 0.3) is 0 Å². The Bertz CT molecular complexity index is 597. The molecule has 0 radical (unpaired) electrons. The van der Waals surface area contributed by atoms with E-state index in [0.29, 0.717) is 19.6 Å². The number of hydrogen-bond donors (Lipinski definition) is 2. The average Bonchev–Trinajstić information content (AvgIpc) is 3.40. The zero-order chi connectivity index (χ0) is 16.9. The van der Waals surface area contributed by atoms with Gasteiger partial charge >= 0.3 is 5.97 Å². The highest BCUT2D eigenvalue weighted by molar-refractivity contribution is 5.89. The SMILES string of the molecule is O=C(O)[C@H]1C[C@H]1C(=O)NCc1cccc(COC2CCOCC2)c1. The third-order valence-corrected chi connectivity index (χ3v) is 4.56. The van der Waals surface area contributed by atoms with Gasteiger partial charge in [-0.2, -0.15) is 0 Å². The fraction of sp³-hybridized carbons (Fsp3) is 0.556. The van der Waals surface area contributed by atoms with Gasteiger partial charge in [0.05, 0.1) is 24.5 Å². The van der Waals surface area contributed by atoms with Crippen molar-refractivity contribution >= 4 is 11.9 Å². The lowest BCUT2D eigenvalue weighted by Crippen LogP contribution is -2.26. The predicted molar refractivity (Wildman–Crippen MR) is 86.2 cm³/mol. The van der Waals surface area contributed by atoms with Gasteiger partial charge in [0.2, 0.25) is 5.91 Å². The fourth-order valence-electron chi connectivity index (χ4n) is 2.96. The van der Waals surface area contributed by atoms with E-state index in [1.165, 1.54) is 0 Å². The number of benzene rings is 1. The van der Waals surface area contributed by atoms with E-state index in [2.05, 4.69) is 5.32 Å². The van der Waals surface area contributed by atoms with Crippen LogP contribution in [0.5, 0.6) is 0 Å². The molecule has 3 rings (SSSR count). The molecule has 0 spiro atoms. The van der Waals surface area contributed by atoms with Crippen molar-refractivity contribution in [1.29, 1.82) is 0 Å². The number of carbonyl (C=O) groups excluding carboxylic acids is 1. The minimum atomic E-state index is -0.887. The third-order valence-electron chi connectivity index (χ3n) is 4.56. The second-order valence-corrected chi connectivity index (χ2v) is 6.45. The number of rotatable bonds is 7. The molecule has 0 unspecified atom stereocenters. The minimum absolute atomic E-state index is 0.175. The zero-order valence-corrected chi connectivity index (χ0v) is 13.6. The zero-order valence-electron chi connectivity index (χ0n) is 13.6. The third kappa shape index (κ3) is 4.55. The first-order valence-electron chi connectivity index (χ1n) is 8.41. The lowest BCUT2D eigenvalue weighted by molar-refractivity contribution is -0.140. The molecule has 1 aliphatic carbocycles. The molecule has 6 nitrogen and oxygen atoms in total. The first-order chi connectivity index (χ1) is 11.6. The van der Waals surface area contributed by atoms with Crippen molar-refractivity contribution in [3.8, 4) is 0 Å². The van der Waals surface area contributed by atoms with Gasteiger partial charge in [-0.05, 0) is 30.4 Å². The van der Waals surface area contributed by atoms with Gasteiger partial charge in [-0.3, -0.25) is 9.59 Å². The molecule has 24 heavy (non-hydrogen) atoms. The van der Waals surface area contributed by atoms with E-state index in [0.717, 1.165) is 37.2 Å². The topological polar surface area (TPSA) is 84.9 Å². The number of nitrogens with one attached hydrogen (secondary N) is 1. The van der Waals surface area contributed by atoms with E-state index in [4.69, 9.17) is 14.6 Å². The molecule has 1 saturated carbocycles. The van der Waals surface area contributed by atoms with E-state index >= 15 is 0 Å². The van der Waals surface area contributed by atoms with Crippen molar-refractivity contribution in [2.45, 2.75) is 38.5 Å². The van der Waals surface area contributed by atoms with Crippen LogP contribution in [-0.2, 0) is 32.2 Å². The summed E-state index contributed by atoms with van der Waals surface area (Å²) in [4.78, 5) is 22.7. The van der Waals surface area contributed by atoms with Gasteiger partial charge in [-0.25, -0.2) is 0 Å². The average molecular weight is 333 g/mol.